The van der Waals surface area contributed by atoms with Gasteiger partial charge >= 0.3 is 0 Å². The van der Waals surface area contributed by atoms with Crippen LogP contribution in [0.4, 0.5) is 31.7 Å². The Morgan fingerprint density at radius 3 is 2.56 bits per heavy atom. The average Bonchev–Trinajstić information content (AvgIpc) is 3.50. The number of fused-ring (bicyclic) bond motifs is 1. The summed E-state index contributed by atoms with van der Waals surface area (Å²) in [6.07, 6.45) is 6.63. The van der Waals surface area contributed by atoms with Crippen molar-refractivity contribution >= 4 is 39.7 Å². The molecule has 0 atom stereocenters. The van der Waals surface area contributed by atoms with Crippen molar-refractivity contribution in [1.29, 1.82) is 0 Å². The lowest BCUT2D eigenvalue weighted by Crippen LogP contribution is -2.49. The van der Waals surface area contributed by atoms with Crippen LogP contribution < -0.4 is 15.1 Å². The number of anilines is 4. The van der Waals surface area contributed by atoms with E-state index in [1.165, 1.54) is 6.07 Å². The zero-order valence-corrected chi connectivity index (χ0v) is 21.5. The molecule has 5 heterocycles. The number of amides is 1. The number of morpholine rings is 1. The highest BCUT2D eigenvalue weighted by atomic mass is 19.1. The Morgan fingerprint density at radius 1 is 1.03 bits per heavy atom. The molecule has 39 heavy (non-hydrogen) atoms. The van der Waals surface area contributed by atoms with Crippen LogP contribution in [-0.4, -0.2) is 83.2 Å². The van der Waals surface area contributed by atoms with Gasteiger partial charge in [0.05, 0.1) is 53.6 Å². The minimum atomic E-state index is -0.696. The molecule has 202 valence electrons. The molecule has 12 heteroatoms. The van der Waals surface area contributed by atoms with Gasteiger partial charge in [-0.2, -0.15) is 0 Å². The lowest BCUT2D eigenvalue weighted by Gasteiger charge is -2.36. The normalized spacial score (nSPS) is 16.1. The number of nitrogens with one attached hydrogen (secondary N) is 2. The number of carbonyl (C=O) groups excluding carboxylic acids is 1. The highest BCUT2D eigenvalue weighted by molar-refractivity contribution is 5.98. The highest BCUT2D eigenvalue weighted by Crippen LogP contribution is 2.37. The fourth-order valence-electron chi connectivity index (χ4n) is 5.15. The zero-order chi connectivity index (χ0) is 26.9. The highest BCUT2D eigenvalue weighted by Gasteiger charge is 2.27. The van der Waals surface area contributed by atoms with Gasteiger partial charge in [0.2, 0.25) is 0 Å². The lowest BCUT2D eigenvalue weighted by atomic mass is 10.1. The molecule has 2 N–H and O–H groups in total. The zero-order valence-electron chi connectivity index (χ0n) is 21.5. The van der Waals surface area contributed by atoms with Crippen molar-refractivity contribution < 1.29 is 18.3 Å². The van der Waals surface area contributed by atoms with Crippen LogP contribution in [0.2, 0.25) is 0 Å². The first-order valence-electron chi connectivity index (χ1n) is 12.9. The van der Waals surface area contributed by atoms with Crippen LogP contribution in [0.5, 0.6) is 0 Å². The molecule has 1 amide bonds. The predicted octanol–water partition coefficient (Wildman–Crippen LogP) is 3.48. The number of imidazole rings is 1. The maximum atomic E-state index is 15.2. The number of hydrogen-bond acceptors (Lipinski definition) is 8. The second-order valence-corrected chi connectivity index (χ2v) is 9.59. The molecule has 10 nitrogen and oxygen atoms in total. The van der Waals surface area contributed by atoms with Crippen molar-refractivity contribution in [2.45, 2.75) is 6.92 Å². The summed E-state index contributed by atoms with van der Waals surface area (Å²) < 4.78 is 34.9. The molecule has 0 unspecified atom stereocenters. The molecule has 0 saturated carbocycles. The second kappa shape index (κ2) is 10.4. The van der Waals surface area contributed by atoms with Gasteiger partial charge in [-0.3, -0.25) is 9.78 Å². The largest absolute Gasteiger partial charge is 0.378 e. The summed E-state index contributed by atoms with van der Waals surface area (Å²) in [4.78, 5) is 34.6. The van der Waals surface area contributed by atoms with Crippen molar-refractivity contribution in [3.05, 3.63) is 66.0 Å². The van der Waals surface area contributed by atoms with Gasteiger partial charge < -0.3 is 29.7 Å². The number of ether oxygens (including phenoxy) is 1. The molecule has 3 aromatic heterocycles. The Hall–Kier alpha value is -4.32. The third kappa shape index (κ3) is 4.94. The maximum absolute atomic E-state index is 15.2. The van der Waals surface area contributed by atoms with E-state index in [2.05, 4.69) is 30.2 Å². The van der Waals surface area contributed by atoms with E-state index in [-0.39, 0.29) is 16.8 Å². The second-order valence-electron chi connectivity index (χ2n) is 9.59. The van der Waals surface area contributed by atoms with Crippen molar-refractivity contribution in [3.8, 4) is 0 Å². The van der Waals surface area contributed by atoms with E-state index in [0.29, 0.717) is 62.4 Å². The van der Waals surface area contributed by atoms with Crippen molar-refractivity contribution in [2.24, 2.45) is 0 Å². The predicted molar refractivity (Wildman–Crippen MR) is 144 cm³/mol. The third-order valence-electron chi connectivity index (χ3n) is 7.16. The van der Waals surface area contributed by atoms with Gasteiger partial charge in [0.15, 0.2) is 5.82 Å². The van der Waals surface area contributed by atoms with Gasteiger partial charge in [-0.25, -0.2) is 18.7 Å². The summed E-state index contributed by atoms with van der Waals surface area (Å²) in [6.45, 7) is 6.62. The summed E-state index contributed by atoms with van der Waals surface area (Å²) in [5.41, 5.74) is 3.04. The summed E-state index contributed by atoms with van der Waals surface area (Å²) in [7, 11) is 0. The molecule has 0 spiro atoms. The van der Waals surface area contributed by atoms with E-state index >= 15 is 4.39 Å². The number of halogens is 2. The Morgan fingerprint density at radius 2 is 1.82 bits per heavy atom. The van der Waals surface area contributed by atoms with Gasteiger partial charge in [-0.05, 0) is 13.0 Å². The number of hydrogen-bond donors (Lipinski definition) is 2. The van der Waals surface area contributed by atoms with E-state index in [4.69, 9.17) is 4.74 Å². The van der Waals surface area contributed by atoms with Crippen LogP contribution in [0.15, 0.2) is 43.0 Å². The van der Waals surface area contributed by atoms with Crippen LogP contribution in [0.25, 0.3) is 10.9 Å². The quantitative estimate of drug-likeness (QED) is 0.401. The first-order valence-corrected chi connectivity index (χ1v) is 12.9. The lowest BCUT2D eigenvalue weighted by molar-refractivity contribution is 0.0735. The molecule has 0 bridgehead atoms. The molecule has 2 aliphatic heterocycles. The molecule has 2 fully saturated rings. The SMILES string of the molecule is Cc1c(N2CCN(C(=O)c3ncc[nH]3)CC2)nc2cc(F)cc(F)c2c1Nc1cncc(N2CCOCC2)c1. The molecule has 2 saturated heterocycles. The number of benzene rings is 1. The monoisotopic (exact) mass is 534 g/mol. The van der Waals surface area contributed by atoms with Crippen LogP contribution in [0.3, 0.4) is 0 Å². The summed E-state index contributed by atoms with van der Waals surface area (Å²) >= 11 is 0. The maximum Gasteiger partial charge on any atom is 0.289 e. The first kappa shape index (κ1) is 25.0. The molecule has 2 aliphatic rings. The van der Waals surface area contributed by atoms with Crippen molar-refractivity contribution in [2.75, 3.05) is 67.6 Å². The summed E-state index contributed by atoms with van der Waals surface area (Å²) in [5, 5.41) is 3.56. The molecule has 0 radical (unpaired) electrons. The Bertz CT molecular complexity index is 1500. The fourth-order valence-corrected chi connectivity index (χ4v) is 5.15. The van der Waals surface area contributed by atoms with Gasteiger partial charge in [-0.1, -0.05) is 0 Å². The van der Waals surface area contributed by atoms with Crippen LogP contribution in [0, 0.1) is 18.6 Å². The molecule has 4 aromatic rings. The fraction of sp³-hybridized carbons (Fsp3) is 0.333. The standard InChI is InChI=1S/C27H28F2N8O2/c1-17-24(33-19-14-20(16-30-15-19)35-8-10-39-11-9-35)23-21(29)12-18(28)13-22(23)34-26(17)36-4-6-37(7-5-36)27(38)25-31-2-3-32-25/h2-3,12-16H,4-11H2,1H3,(H,31,32)(H,33,34). The molecule has 0 aliphatic carbocycles. The molecule has 6 rings (SSSR count). The van der Waals surface area contributed by atoms with E-state index in [9.17, 15) is 9.18 Å². The number of piperazine rings is 1. The smallest absolute Gasteiger partial charge is 0.289 e. The van der Waals surface area contributed by atoms with Crippen molar-refractivity contribution in [1.82, 2.24) is 24.8 Å². The number of rotatable bonds is 5. The number of nitrogens with zero attached hydrogens (tertiary/aromatic N) is 6. The minimum absolute atomic E-state index is 0.165. The average molecular weight is 535 g/mol. The third-order valence-corrected chi connectivity index (χ3v) is 7.16. The van der Waals surface area contributed by atoms with Crippen LogP contribution in [-0.2, 0) is 4.74 Å². The molecular formula is C27H28F2N8O2. The number of carbonyl (C=O) groups is 1. The summed E-state index contributed by atoms with van der Waals surface area (Å²) in [6, 6.07) is 4.07. The van der Waals surface area contributed by atoms with Gasteiger partial charge in [-0.15, -0.1) is 0 Å². The van der Waals surface area contributed by atoms with E-state index in [1.54, 1.807) is 29.7 Å². The van der Waals surface area contributed by atoms with Gasteiger partial charge in [0.1, 0.15) is 17.5 Å². The van der Waals surface area contributed by atoms with E-state index in [1.807, 2.05) is 17.9 Å². The minimum Gasteiger partial charge on any atom is -0.378 e. The van der Waals surface area contributed by atoms with E-state index in [0.717, 1.165) is 30.4 Å². The summed E-state index contributed by atoms with van der Waals surface area (Å²) in [5.74, 6) is -0.646. The molecule has 1 aromatic carbocycles. The number of aromatic amines is 1. The first-order chi connectivity index (χ1) is 19.0. The molecular weight excluding hydrogens is 506 g/mol. The Labute approximate surface area is 223 Å². The Balaban J connectivity index is 1.32. The Kier molecular flexibility index (Phi) is 6.69. The number of H-pyrrole nitrogens is 1. The van der Waals surface area contributed by atoms with Gasteiger partial charge in [0.25, 0.3) is 5.91 Å². The number of aromatic nitrogens is 4. The topological polar surface area (TPSA) is 103 Å². The van der Waals surface area contributed by atoms with E-state index < -0.39 is 11.6 Å². The van der Waals surface area contributed by atoms with Crippen LogP contribution in [0.1, 0.15) is 16.2 Å². The van der Waals surface area contributed by atoms with Gasteiger partial charge in [0, 0.05) is 69.4 Å². The van der Waals surface area contributed by atoms with Crippen LogP contribution >= 0.6 is 0 Å². The number of pyridine rings is 2. The van der Waals surface area contributed by atoms with Crippen molar-refractivity contribution in [3.63, 3.8) is 0 Å².